The van der Waals surface area contributed by atoms with Crippen LogP contribution in [-0.2, 0) is 11.4 Å². The number of carbonyl (C=O) groups excluding carboxylic acids is 1. The van der Waals surface area contributed by atoms with E-state index in [1.54, 1.807) is 36.4 Å². The van der Waals surface area contributed by atoms with E-state index in [2.05, 4.69) is 5.32 Å². The number of rotatable bonds is 8. The van der Waals surface area contributed by atoms with Crippen LogP contribution in [0.3, 0.4) is 0 Å². The van der Waals surface area contributed by atoms with E-state index in [0.29, 0.717) is 17.1 Å². The number of para-hydroxylation sites is 1. The fraction of sp³-hybridized carbons (Fsp3) is 0.0800. The van der Waals surface area contributed by atoms with Gasteiger partial charge in [-0.25, -0.2) is 9.18 Å². The van der Waals surface area contributed by atoms with Gasteiger partial charge in [-0.3, -0.25) is 4.79 Å². The molecule has 0 aliphatic carbocycles. The topological polar surface area (TPSA) is 109 Å². The first-order chi connectivity index (χ1) is 15.9. The predicted molar refractivity (Wildman–Crippen MR) is 119 cm³/mol. The van der Waals surface area contributed by atoms with E-state index in [4.69, 9.17) is 14.6 Å². The Hall–Kier alpha value is -4.64. The van der Waals surface area contributed by atoms with Crippen LogP contribution in [0.15, 0.2) is 72.3 Å². The molecule has 7 nitrogen and oxygen atoms in total. The molecule has 8 heteroatoms. The van der Waals surface area contributed by atoms with Crippen LogP contribution in [0, 0.1) is 17.1 Å². The summed E-state index contributed by atoms with van der Waals surface area (Å²) in [5.41, 5.74) is 1.21. The molecule has 166 valence electrons. The van der Waals surface area contributed by atoms with Crippen molar-refractivity contribution in [3.05, 3.63) is 94.8 Å². The monoisotopic (exact) mass is 446 g/mol. The summed E-state index contributed by atoms with van der Waals surface area (Å²) in [6, 6.07) is 18.6. The van der Waals surface area contributed by atoms with E-state index in [1.807, 2.05) is 6.07 Å². The van der Waals surface area contributed by atoms with Crippen LogP contribution in [0.5, 0.6) is 11.5 Å². The lowest BCUT2D eigenvalue weighted by Crippen LogP contribution is -2.14. The summed E-state index contributed by atoms with van der Waals surface area (Å²) >= 11 is 0. The Morgan fingerprint density at radius 2 is 1.82 bits per heavy atom. The van der Waals surface area contributed by atoms with Crippen molar-refractivity contribution in [2.24, 2.45) is 0 Å². The molecule has 0 aliphatic heterocycles. The van der Waals surface area contributed by atoms with Crippen LogP contribution in [0.4, 0.5) is 10.1 Å². The second-order valence-electron chi connectivity index (χ2n) is 6.80. The average molecular weight is 446 g/mol. The van der Waals surface area contributed by atoms with Crippen LogP contribution in [0.25, 0.3) is 6.08 Å². The number of ether oxygens (including phenoxy) is 2. The molecule has 0 aromatic heterocycles. The molecule has 0 bridgehead atoms. The van der Waals surface area contributed by atoms with Crippen molar-refractivity contribution in [2.75, 3.05) is 12.4 Å². The number of carboxylic acids is 1. The van der Waals surface area contributed by atoms with Gasteiger partial charge < -0.3 is 19.9 Å². The Balaban J connectivity index is 1.74. The zero-order chi connectivity index (χ0) is 23.8. The number of anilines is 1. The van der Waals surface area contributed by atoms with Crippen molar-refractivity contribution < 1.29 is 28.6 Å². The highest BCUT2D eigenvalue weighted by Crippen LogP contribution is 2.30. The Morgan fingerprint density at radius 1 is 1.09 bits per heavy atom. The highest BCUT2D eigenvalue weighted by Gasteiger charge is 2.13. The largest absolute Gasteiger partial charge is 0.493 e. The van der Waals surface area contributed by atoms with E-state index in [9.17, 15) is 19.2 Å². The molecule has 3 aromatic rings. The SMILES string of the molecule is COc1cc(/C=C(/C#N)C(=O)Nc2ccccc2F)ccc1OCc1ccc(C(=O)O)cc1. The molecule has 3 aromatic carbocycles. The Morgan fingerprint density at radius 3 is 2.45 bits per heavy atom. The minimum Gasteiger partial charge on any atom is -0.493 e. The smallest absolute Gasteiger partial charge is 0.335 e. The molecule has 0 saturated carbocycles. The van der Waals surface area contributed by atoms with Crippen molar-refractivity contribution in [3.8, 4) is 17.6 Å². The third-order valence-electron chi connectivity index (χ3n) is 4.58. The number of methoxy groups -OCH3 is 1. The Bertz CT molecular complexity index is 1250. The number of hydrogen-bond acceptors (Lipinski definition) is 5. The van der Waals surface area contributed by atoms with Gasteiger partial charge in [-0.2, -0.15) is 5.26 Å². The number of hydrogen-bond donors (Lipinski definition) is 2. The number of nitrogens with zero attached hydrogens (tertiary/aromatic N) is 1. The molecule has 0 radical (unpaired) electrons. The first-order valence-corrected chi connectivity index (χ1v) is 9.72. The van der Waals surface area contributed by atoms with Crippen LogP contribution in [0.2, 0.25) is 0 Å². The van der Waals surface area contributed by atoms with Crippen LogP contribution >= 0.6 is 0 Å². The van der Waals surface area contributed by atoms with Crippen molar-refractivity contribution in [3.63, 3.8) is 0 Å². The fourth-order valence-electron chi connectivity index (χ4n) is 2.87. The summed E-state index contributed by atoms with van der Waals surface area (Å²) in [6.07, 6.45) is 1.35. The first-order valence-electron chi connectivity index (χ1n) is 9.72. The maximum Gasteiger partial charge on any atom is 0.335 e. The van der Waals surface area contributed by atoms with Gasteiger partial charge in [-0.05, 0) is 53.6 Å². The number of nitriles is 1. The summed E-state index contributed by atoms with van der Waals surface area (Å²) < 4.78 is 24.9. The summed E-state index contributed by atoms with van der Waals surface area (Å²) in [6.45, 7) is 0.180. The number of nitrogens with one attached hydrogen (secondary N) is 1. The van der Waals surface area contributed by atoms with Crippen LogP contribution < -0.4 is 14.8 Å². The van der Waals surface area contributed by atoms with Crippen LogP contribution in [0.1, 0.15) is 21.5 Å². The molecular weight excluding hydrogens is 427 g/mol. The second kappa shape index (κ2) is 10.6. The molecule has 33 heavy (non-hydrogen) atoms. The van der Waals surface area contributed by atoms with E-state index in [0.717, 1.165) is 5.56 Å². The quantitative estimate of drug-likeness (QED) is 0.385. The minimum atomic E-state index is -1.01. The van der Waals surface area contributed by atoms with Gasteiger partial charge in [0.25, 0.3) is 5.91 Å². The summed E-state index contributed by atoms with van der Waals surface area (Å²) in [5, 5.41) is 20.7. The Kier molecular flexibility index (Phi) is 7.39. The number of benzene rings is 3. The number of carboxylic acid groups (broad SMARTS) is 1. The fourth-order valence-corrected chi connectivity index (χ4v) is 2.87. The summed E-state index contributed by atoms with van der Waals surface area (Å²) in [5.74, 6) is -1.56. The molecule has 3 rings (SSSR count). The molecular formula is C25H19FN2O5. The standard InChI is InChI=1S/C25H19FN2O5/c1-32-23-13-17(12-19(14-27)24(29)28-21-5-3-2-4-20(21)26)8-11-22(23)33-15-16-6-9-18(10-7-16)25(30)31/h2-13H,15H2,1H3,(H,28,29)(H,30,31)/b19-12-. The van der Waals surface area contributed by atoms with Gasteiger partial charge in [0.2, 0.25) is 0 Å². The van der Waals surface area contributed by atoms with Gasteiger partial charge in [-0.15, -0.1) is 0 Å². The van der Waals surface area contributed by atoms with Gasteiger partial charge in [0.15, 0.2) is 11.5 Å². The lowest BCUT2D eigenvalue weighted by Gasteiger charge is -2.12. The van der Waals surface area contributed by atoms with Crippen molar-refractivity contribution >= 4 is 23.6 Å². The molecule has 0 aliphatic rings. The zero-order valence-electron chi connectivity index (χ0n) is 17.5. The van der Waals surface area contributed by atoms with Gasteiger partial charge in [0, 0.05) is 0 Å². The molecule has 2 N–H and O–H groups in total. The minimum absolute atomic E-state index is 0.0265. The second-order valence-corrected chi connectivity index (χ2v) is 6.80. The number of carbonyl (C=O) groups is 2. The molecule has 0 fully saturated rings. The molecule has 0 spiro atoms. The van der Waals surface area contributed by atoms with Gasteiger partial charge in [0.05, 0.1) is 18.4 Å². The van der Waals surface area contributed by atoms with Crippen molar-refractivity contribution in [1.29, 1.82) is 5.26 Å². The predicted octanol–water partition coefficient (Wildman–Crippen LogP) is 4.66. The third-order valence-corrected chi connectivity index (χ3v) is 4.58. The van der Waals surface area contributed by atoms with E-state index >= 15 is 0 Å². The lowest BCUT2D eigenvalue weighted by molar-refractivity contribution is -0.112. The normalized spacial score (nSPS) is 10.8. The van der Waals surface area contributed by atoms with E-state index in [-0.39, 0.29) is 23.4 Å². The molecule has 0 heterocycles. The lowest BCUT2D eigenvalue weighted by atomic mass is 10.1. The van der Waals surface area contributed by atoms with E-state index < -0.39 is 17.7 Å². The van der Waals surface area contributed by atoms with E-state index in [1.165, 1.54) is 43.5 Å². The number of amides is 1. The highest BCUT2D eigenvalue weighted by molar-refractivity contribution is 6.09. The van der Waals surface area contributed by atoms with Gasteiger partial charge >= 0.3 is 5.97 Å². The summed E-state index contributed by atoms with van der Waals surface area (Å²) in [7, 11) is 1.45. The Labute approximate surface area is 189 Å². The zero-order valence-corrected chi connectivity index (χ0v) is 17.5. The van der Waals surface area contributed by atoms with Gasteiger partial charge in [-0.1, -0.05) is 30.3 Å². The summed E-state index contributed by atoms with van der Waals surface area (Å²) in [4.78, 5) is 23.3. The molecule has 0 unspecified atom stereocenters. The third kappa shape index (κ3) is 5.95. The molecule has 0 saturated heterocycles. The highest BCUT2D eigenvalue weighted by atomic mass is 19.1. The maximum absolute atomic E-state index is 13.8. The number of aromatic carboxylic acids is 1. The van der Waals surface area contributed by atoms with Crippen molar-refractivity contribution in [1.82, 2.24) is 0 Å². The van der Waals surface area contributed by atoms with Gasteiger partial charge in [0.1, 0.15) is 24.1 Å². The number of halogens is 1. The maximum atomic E-state index is 13.8. The van der Waals surface area contributed by atoms with Crippen LogP contribution in [-0.4, -0.2) is 24.1 Å². The average Bonchev–Trinajstić information content (AvgIpc) is 2.83. The first kappa shape index (κ1) is 23.0. The molecule has 1 amide bonds. The molecule has 0 atom stereocenters. The van der Waals surface area contributed by atoms with Crippen molar-refractivity contribution in [2.45, 2.75) is 6.61 Å².